The van der Waals surface area contributed by atoms with Gasteiger partial charge in [-0.1, -0.05) is 11.6 Å². The summed E-state index contributed by atoms with van der Waals surface area (Å²) < 4.78 is 66.8. The van der Waals surface area contributed by atoms with Gasteiger partial charge in [0.1, 0.15) is 5.69 Å². The molecule has 8 nitrogen and oxygen atoms in total. The molecule has 0 bridgehead atoms. The maximum absolute atomic E-state index is 13.3. The van der Waals surface area contributed by atoms with Gasteiger partial charge in [0.2, 0.25) is 16.0 Å². The third-order valence-corrected chi connectivity index (χ3v) is 6.94. The van der Waals surface area contributed by atoms with Gasteiger partial charge in [0, 0.05) is 18.3 Å². The van der Waals surface area contributed by atoms with Gasteiger partial charge in [-0.2, -0.15) is 13.2 Å². The van der Waals surface area contributed by atoms with Crippen molar-refractivity contribution in [3.63, 3.8) is 0 Å². The fraction of sp³-hybridized carbons (Fsp3) is 0.421. The number of fused-ring (bicyclic) bond motifs is 1. The molecule has 3 aromatic heterocycles. The molecule has 0 spiro atoms. The molecule has 1 aliphatic rings. The molecular weight excluding hydrogens is 549 g/mol. The number of anilines is 1. The first-order valence-electron chi connectivity index (χ1n) is 9.91. The lowest BCUT2D eigenvalue weighted by molar-refractivity contribution is -0.137. The molecule has 0 atom stereocenters. The van der Waals surface area contributed by atoms with Crippen LogP contribution in [-0.4, -0.2) is 46.1 Å². The van der Waals surface area contributed by atoms with Crippen molar-refractivity contribution >= 4 is 49.1 Å². The van der Waals surface area contributed by atoms with Gasteiger partial charge in [-0.15, -0.1) is 0 Å². The van der Waals surface area contributed by atoms with Crippen molar-refractivity contribution in [1.29, 1.82) is 0 Å². The summed E-state index contributed by atoms with van der Waals surface area (Å²) in [5.41, 5.74) is -0.0309. The Labute approximate surface area is 201 Å². The maximum atomic E-state index is 13.3. The number of aromatic nitrogens is 4. The monoisotopic (exact) mass is 566 g/mol. The van der Waals surface area contributed by atoms with Gasteiger partial charge in [-0.3, -0.25) is 4.40 Å². The summed E-state index contributed by atoms with van der Waals surface area (Å²) in [5, 5.41) is 3.38. The van der Waals surface area contributed by atoms with Crippen LogP contribution in [0.1, 0.15) is 31.2 Å². The second kappa shape index (κ2) is 9.01. The maximum Gasteiger partial charge on any atom is 0.417 e. The van der Waals surface area contributed by atoms with Gasteiger partial charge in [0.05, 0.1) is 39.4 Å². The van der Waals surface area contributed by atoms with Gasteiger partial charge >= 0.3 is 6.18 Å². The SMILES string of the molecule is CS(=O)(=O)N[C@H]1CC[C@H](Nc2ncc(Cl)c(-c3cnc4c(Br)cc(C(F)(F)F)cn34)n2)CC1. The summed E-state index contributed by atoms with van der Waals surface area (Å²) >= 11 is 9.43. The van der Waals surface area contributed by atoms with Crippen molar-refractivity contribution in [3.05, 3.63) is 39.7 Å². The minimum atomic E-state index is -4.54. The van der Waals surface area contributed by atoms with Gasteiger partial charge in [-0.05, 0) is 47.7 Å². The predicted octanol–water partition coefficient (Wildman–Crippen LogP) is 4.50. The second-order valence-corrected chi connectivity index (χ2v) is 10.9. The van der Waals surface area contributed by atoms with Crippen LogP contribution in [0.25, 0.3) is 17.0 Å². The van der Waals surface area contributed by atoms with E-state index in [1.807, 2.05) is 0 Å². The average molecular weight is 568 g/mol. The number of imidazole rings is 1. The molecule has 2 N–H and O–H groups in total. The normalized spacial score (nSPS) is 19.7. The molecule has 3 heterocycles. The summed E-state index contributed by atoms with van der Waals surface area (Å²) in [5.74, 6) is 0.273. The second-order valence-electron chi connectivity index (χ2n) is 7.88. The quantitative estimate of drug-likeness (QED) is 0.471. The number of nitrogens with zero attached hydrogens (tertiary/aromatic N) is 4. The molecular formula is C19H19BrClF3N6O2S. The van der Waals surface area contributed by atoms with Crippen molar-refractivity contribution in [3.8, 4) is 11.4 Å². The van der Waals surface area contributed by atoms with E-state index in [4.69, 9.17) is 11.6 Å². The number of halogens is 5. The third-order valence-electron chi connectivity index (χ3n) is 5.32. The summed E-state index contributed by atoms with van der Waals surface area (Å²) in [6.07, 6.45) is 3.05. The third kappa shape index (κ3) is 5.58. The lowest BCUT2D eigenvalue weighted by atomic mass is 9.92. The summed E-state index contributed by atoms with van der Waals surface area (Å²) in [7, 11) is -3.26. The zero-order valence-electron chi connectivity index (χ0n) is 17.2. The van der Waals surface area contributed by atoms with E-state index < -0.39 is 21.8 Å². The van der Waals surface area contributed by atoms with Gasteiger partial charge in [0.25, 0.3) is 0 Å². The van der Waals surface area contributed by atoms with E-state index in [1.165, 1.54) is 16.8 Å². The molecule has 1 fully saturated rings. The molecule has 0 aromatic carbocycles. The van der Waals surface area contributed by atoms with Crippen LogP contribution in [0.2, 0.25) is 5.02 Å². The zero-order chi connectivity index (χ0) is 24.0. The molecule has 0 unspecified atom stereocenters. The topological polar surface area (TPSA) is 101 Å². The largest absolute Gasteiger partial charge is 0.417 e. The molecule has 1 saturated carbocycles. The number of hydrogen-bond donors (Lipinski definition) is 2. The van der Waals surface area contributed by atoms with Crippen LogP contribution in [0.3, 0.4) is 0 Å². The lowest BCUT2D eigenvalue weighted by Gasteiger charge is -2.29. The van der Waals surface area contributed by atoms with E-state index in [0.29, 0.717) is 31.3 Å². The minimum Gasteiger partial charge on any atom is -0.351 e. The van der Waals surface area contributed by atoms with E-state index in [-0.39, 0.29) is 38.9 Å². The highest BCUT2D eigenvalue weighted by Crippen LogP contribution is 2.35. The lowest BCUT2D eigenvalue weighted by Crippen LogP contribution is -2.39. The Hall–Kier alpha value is -1.96. The molecule has 0 amide bonds. The number of pyridine rings is 1. The van der Waals surface area contributed by atoms with Crippen molar-refractivity contribution in [1.82, 2.24) is 24.1 Å². The number of alkyl halides is 3. The number of sulfonamides is 1. The van der Waals surface area contributed by atoms with E-state index in [9.17, 15) is 21.6 Å². The first-order valence-corrected chi connectivity index (χ1v) is 13.0. The minimum absolute atomic E-state index is 0.0183. The van der Waals surface area contributed by atoms with Gasteiger partial charge in [-0.25, -0.2) is 28.1 Å². The smallest absolute Gasteiger partial charge is 0.351 e. The standard InChI is InChI=1S/C19H19BrClF3N6O2S/c1-33(31,32)29-12-4-2-11(3-5-12)27-18-26-7-14(21)16(28-18)15-8-25-17-13(20)6-10(9-30(15)17)19(22,23)24/h6-9,11-12,29H,2-5H2,1H3,(H,26,27,28)/t11-,12-. The molecule has 0 saturated heterocycles. The molecule has 0 aliphatic heterocycles. The molecule has 33 heavy (non-hydrogen) atoms. The highest BCUT2D eigenvalue weighted by Gasteiger charge is 2.32. The zero-order valence-corrected chi connectivity index (χ0v) is 20.4. The van der Waals surface area contributed by atoms with Crippen LogP contribution in [0, 0.1) is 0 Å². The van der Waals surface area contributed by atoms with Gasteiger partial charge in [0.15, 0.2) is 5.65 Å². The predicted molar refractivity (Wildman–Crippen MR) is 122 cm³/mol. The Morgan fingerprint density at radius 2 is 1.82 bits per heavy atom. The van der Waals surface area contributed by atoms with Gasteiger partial charge < -0.3 is 5.32 Å². The summed E-state index contributed by atoms with van der Waals surface area (Å²) in [6.45, 7) is 0. The molecule has 3 aromatic rings. The van der Waals surface area contributed by atoms with Crippen molar-refractivity contribution in [2.45, 2.75) is 43.9 Å². The van der Waals surface area contributed by atoms with E-state index in [0.717, 1.165) is 18.5 Å². The summed E-state index contributed by atoms with van der Waals surface area (Å²) in [6, 6.07) is 0.874. The first kappa shape index (κ1) is 24.2. The summed E-state index contributed by atoms with van der Waals surface area (Å²) in [4.78, 5) is 12.8. The molecule has 178 valence electrons. The number of nitrogens with one attached hydrogen (secondary N) is 2. The van der Waals surface area contributed by atoms with Crippen molar-refractivity contribution in [2.24, 2.45) is 0 Å². The molecule has 0 radical (unpaired) electrons. The Kier molecular flexibility index (Phi) is 6.60. The first-order chi connectivity index (χ1) is 15.4. The molecule has 14 heteroatoms. The molecule has 4 rings (SSSR count). The van der Waals surface area contributed by atoms with Crippen LogP contribution in [0.5, 0.6) is 0 Å². The van der Waals surface area contributed by atoms with Crippen LogP contribution in [0.15, 0.2) is 29.1 Å². The van der Waals surface area contributed by atoms with E-state index in [1.54, 1.807) is 0 Å². The van der Waals surface area contributed by atoms with Crippen LogP contribution in [0.4, 0.5) is 19.1 Å². The van der Waals surface area contributed by atoms with Crippen molar-refractivity contribution in [2.75, 3.05) is 11.6 Å². The fourth-order valence-corrected chi connectivity index (χ4v) is 5.40. The highest BCUT2D eigenvalue weighted by atomic mass is 79.9. The van der Waals surface area contributed by atoms with E-state index in [2.05, 4.69) is 40.9 Å². The highest BCUT2D eigenvalue weighted by molar-refractivity contribution is 9.10. The Bertz CT molecular complexity index is 1290. The Morgan fingerprint density at radius 3 is 2.45 bits per heavy atom. The van der Waals surface area contributed by atoms with E-state index >= 15 is 0 Å². The molecule has 1 aliphatic carbocycles. The van der Waals surface area contributed by atoms with Crippen LogP contribution >= 0.6 is 27.5 Å². The number of hydrogen-bond acceptors (Lipinski definition) is 6. The Morgan fingerprint density at radius 1 is 1.15 bits per heavy atom. The average Bonchev–Trinajstić information content (AvgIpc) is 3.14. The fourth-order valence-electron chi connectivity index (χ4n) is 3.83. The Balaban J connectivity index is 1.59. The number of rotatable bonds is 5. The van der Waals surface area contributed by atoms with Crippen LogP contribution in [-0.2, 0) is 16.2 Å². The van der Waals surface area contributed by atoms with Crippen molar-refractivity contribution < 1.29 is 21.6 Å². The van der Waals surface area contributed by atoms with Crippen LogP contribution < -0.4 is 10.0 Å².